The lowest BCUT2D eigenvalue weighted by Gasteiger charge is -2.14. The second-order valence-corrected chi connectivity index (χ2v) is 4.66. The van der Waals surface area contributed by atoms with Crippen LogP contribution in [-0.4, -0.2) is 34.8 Å². The van der Waals surface area contributed by atoms with E-state index in [-0.39, 0.29) is 0 Å². The van der Waals surface area contributed by atoms with Crippen molar-refractivity contribution in [3.05, 3.63) is 23.7 Å². The summed E-state index contributed by atoms with van der Waals surface area (Å²) in [6.07, 6.45) is 5.94. The lowest BCUT2D eigenvalue weighted by molar-refractivity contribution is 0.442. The van der Waals surface area contributed by atoms with Crippen LogP contribution in [0.1, 0.15) is 18.5 Å². The molecule has 0 atom stereocenters. The minimum absolute atomic E-state index is 0.538. The number of aromatic nitrogens is 3. The Morgan fingerprint density at radius 1 is 1.42 bits per heavy atom. The molecular weight excluding hydrogens is 242 g/mol. The predicted octanol–water partition coefficient (Wildman–Crippen LogP) is 1.65. The zero-order valence-electron chi connectivity index (χ0n) is 10.9. The van der Waals surface area contributed by atoms with E-state index in [4.69, 9.17) is 4.52 Å². The smallest absolute Gasteiger partial charge is 0.263 e. The van der Waals surface area contributed by atoms with Crippen LogP contribution in [0.4, 0.5) is 5.82 Å². The molecule has 6 heteroatoms. The van der Waals surface area contributed by atoms with Crippen molar-refractivity contribution < 1.29 is 4.52 Å². The van der Waals surface area contributed by atoms with Crippen LogP contribution in [0.2, 0.25) is 0 Å². The van der Waals surface area contributed by atoms with Gasteiger partial charge >= 0.3 is 0 Å². The fourth-order valence-corrected chi connectivity index (χ4v) is 2.29. The van der Waals surface area contributed by atoms with E-state index in [0.29, 0.717) is 5.71 Å². The molecule has 19 heavy (non-hydrogen) atoms. The van der Waals surface area contributed by atoms with Crippen molar-refractivity contribution in [2.75, 3.05) is 25.0 Å². The summed E-state index contributed by atoms with van der Waals surface area (Å²) in [7, 11) is 0. The summed E-state index contributed by atoms with van der Waals surface area (Å²) >= 11 is 0. The molecule has 3 heterocycles. The number of fused-ring (bicyclic) bond motifs is 1. The lowest BCUT2D eigenvalue weighted by Crippen LogP contribution is -2.21. The fraction of sp³-hybridized carbons (Fsp3) is 0.462. The zero-order valence-corrected chi connectivity index (χ0v) is 10.9. The Hall–Kier alpha value is -1.95. The summed E-state index contributed by atoms with van der Waals surface area (Å²) in [6, 6.07) is 0. The molecule has 2 aromatic heterocycles. The Labute approximate surface area is 111 Å². The first-order chi connectivity index (χ1) is 9.34. The SMILES string of the molecule is Cc1noc2ncnc(NCCC3=CCNCC3)c12. The third-order valence-electron chi connectivity index (χ3n) is 3.34. The highest BCUT2D eigenvalue weighted by Crippen LogP contribution is 2.22. The van der Waals surface area contributed by atoms with Crippen molar-refractivity contribution in [2.45, 2.75) is 19.8 Å². The molecule has 1 aliphatic rings. The summed E-state index contributed by atoms with van der Waals surface area (Å²) < 4.78 is 5.12. The quantitative estimate of drug-likeness (QED) is 0.813. The number of nitrogens with zero attached hydrogens (tertiary/aromatic N) is 3. The average molecular weight is 259 g/mol. The van der Waals surface area contributed by atoms with Crippen molar-refractivity contribution in [1.29, 1.82) is 0 Å². The molecule has 6 nitrogen and oxygen atoms in total. The van der Waals surface area contributed by atoms with E-state index in [1.807, 2.05) is 6.92 Å². The molecule has 0 saturated carbocycles. The molecule has 0 radical (unpaired) electrons. The third-order valence-corrected chi connectivity index (χ3v) is 3.34. The van der Waals surface area contributed by atoms with E-state index in [9.17, 15) is 0 Å². The van der Waals surface area contributed by atoms with E-state index >= 15 is 0 Å². The van der Waals surface area contributed by atoms with E-state index in [1.165, 1.54) is 11.9 Å². The van der Waals surface area contributed by atoms with Gasteiger partial charge in [-0.05, 0) is 26.3 Å². The van der Waals surface area contributed by atoms with Gasteiger partial charge in [0.15, 0.2) is 0 Å². The molecule has 2 aromatic rings. The van der Waals surface area contributed by atoms with Crippen LogP contribution in [0.25, 0.3) is 11.1 Å². The first-order valence-corrected chi connectivity index (χ1v) is 6.54. The van der Waals surface area contributed by atoms with E-state index < -0.39 is 0 Å². The van der Waals surface area contributed by atoms with Crippen molar-refractivity contribution in [3.63, 3.8) is 0 Å². The summed E-state index contributed by atoms with van der Waals surface area (Å²) in [5, 5.41) is 11.5. The molecule has 0 unspecified atom stereocenters. The Morgan fingerprint density at radius 2 is 2.37 bits per heavy atom. The minimum atomic E-state index is 0.538. The first kappa shape index (κ1) is 12.1. The van der Waals surface area contributed by atoms with Gasteiger partial charge in [-0.1, -0.05) is 16.8 Å². The monoisotopic (exact) mass is 259 g/mol. The van der Waals surface area contributed by atoms with E-state index in [0.717, 1.165) is 49.4 Å². The Bertz CT molecular complexity index is 604. The molecule has 0 fully saturated rings. The Morgan fingerprint density at radius 3 is 3.21 bits per heavy atom. The van der Waals surface area contributed by atoms with Crippen molar-refractivity contribution >= 4 is 16.9 Å². The molecule has 0 saturated heterocycles. The topological polar surface area (TPSA) is 75.9 Å². The second-order valence-electron chi connectivity index (χ2n) is 4.66. The standard InChI is InChI=1S/C13H17N5O/c1-9-11-12(16-8-17-13(11)19-18-9)15-7-4-10-2-5-14-6-3-10/h2,8,14H,3-7H2,1H3,(H,15,16,17). The van der Waals surface area contributed by atoms with Crippen LogP contribution >= 0.6 is 0 Å². The number of rotatable bonds is 4. The summed E-state index contributed by atoms with van der Waals surface area (Å²) in [5.41, 5.74) is 2.86. The highest BCUT2D eigenvalue weighted by Gasteiger charge is 2.11. The highest BCUT2D eigenvalue weighted by molar-refractivity contribution is 5.87. The summed E-state index contributed by atoms with van der Waals surface area (Å²) in [6.45, 7) is 4.82. The number of aryl methyl sites for hydroxylation is 1. The molecule has 1 aliphatic heterocycles. The second kappa shape index (κ2) is 5.36. The van der Waals surface area contributed by atoms with Crippen LogP contribution in [0, 0.1) is 6.92 Å². The van der Waals surface area contributed by atoms with Gasteiger partial charge < -0.3 is 15.2 Å². The van der Waals surface area contributed by atoms with Gasteiger partial charge in [0.05, 0.1) is 5.69 Å². The largest absolute Gasteiger partial charge is 0.369 e. The van der Waals surface area contributed by atoms with Crippen LogP contribution in [0.5, 0.6) is 0 Å². The molecule has 100 valence electrons. The predicted molar refractivity (Wildman–Crippen MR) is 73.0 cm³/mol. The zero-order chi connectivity index (χ0) is 13.1. The number of hydrogen-bond acceptors (Lipinski definition) is 6. The van der Waals surface area contributed by atoms with Gasteiger partial charge in [-0.15, -0.1) is 0 Å². The minimum Gasteiger partial charge on any atom is -0.369 e. The van der Waals surface area contributed by atoms with Gasteiger partial charge in [-0.3, -0.25) is 0 Å². The van der Waals surface area contributed by atoms with Crippen molar-refractivity contribution in [1.82, 2.24) is 20.4 Å². The molecule has 0 amide bonds. The maximum Gasteiger partial charge on any atom is 0.263 e. The maximum absolute atomic E-state index is 5.12. The van der Waals surface area contributed by atoms with Crippen LogP contribution in [0.15, 0.2) is 22.5 Å². The molecule has 0 aliphatic carbocycles. The molecule has 2 N–H and O–H groups in total. The maximum atomic E-state index is 5.12. The Kier molecular flexibility index (Phi) is 3.41. The van der Waals surface area contributed by atoms with Crippen molar-refractivity contribution in [3.8, 4) is 0 Å². The van der Waals surface area contributed by atoms with E-state index in [2.05, 4.69) is 31.8 Å². The first-order valence-electron chi connectivity index (χ1n) is 6.54. The van der Waals surface area contributed by atoms with Gasteiger partial charge in [0.1, 0.15) is 17.5 Å². The normalized spacial score (nSPS) is 15.5. The molecular formula is C13H17N5O. The van der Waals surface area contributed by atoms with Gasteiger partial charge in [0.25, 0.3) is 5.71 Å². The average Bonchev–Trinajstić information content (AvgIpc) is 2.83. The number of nitrogens with one attached hydrogen (secondary N) is 2. The van der Waals surface area contributed by atoms with Gasteiger partial charge in [0, 0.05) is 13.1 Å². The molecule has 0 spiro atoms. The van der Waals surface area contributed by atoms with E-state index in [1.54, 1.807) is 0 Å². The lowest BCUT2D eigenvalue weighted by atomic mass is 10.1. The summed E-state index contributed by atoms with van der Waals surface area (Å²) in [5.74, 6) is 0.804. The van der Waals surface area contributed by atoms with Gasteiger partial charge in [0.2, 0.25) is 0 Å². The van der Waals surface area contributed by atoms with Crippen LogP contribution in [-0.2, 0) is 0 Å². The third kappa shape index (κ3) is 2.58. The molecule has 0 aromatic carbocycles. The van der Waals surface area contributed by atoms with Gasteiger partial charge in [-0.25, -0.2) is 4.98 Å². The van der Waals surface area contributed by atoms with Crippen LogP contribution in [0.3, 0.4) is 0 Å². The van der Waals surface area contributed by atoms with Crippen LogP contribution < -0.4 is 10.6 Å². The molecule has 3 rings (SSSR count). The molecule has 0 bridgehead atoms. The fourth-order valence-electron chi connectivity index (χ4n) is 2.29. The number of anilines is 1. The summed E-state index contributed by atoms with van der Waals surface area (Å²) in [4.78, 5) is 8.33. The Balaban J connectivity index is 1.68. The highest BCUT2D eigenvalue weighted by atomic mass is 16.5. The van der Waals surface area contributed by atoms with Gasteiger partial charge in [-0.2, -0.15) is 4.98 Å². The van der Waals surface area contributed by atoms with Crippen molar-refractivity contribution in [2.24, 2.45) is 0 Å². The number of hydrogen-bond donors (Lipinski definition) is 2.